The second kappa shape index (κ2) is 8.99. The lowest BCUT2D eigenvalue weighted by Crippen LogP contribution is -2.23. The van der Waals surface area contributed by atoms with Crippen molar-refractivity contribution in [3.8, 4) is 0 Å². The highest BCUT2D eigenvalue weighted by atomic mass is 32.2. The molecule has 0 bridgehead atoms. The number of sulfone groups is 1. The lowest BCUT2D eigenvalue weighted by Gasteiger charge is -2.11. The van der Waals surface area contributed by atoms with Crippen molar-refractivity contribution in [1.82, 2.24) is 0 Å². The third-order valence-electron chi connectivity index (χ3n) is 2.97. The van der Waals surface area contributed by atoms with Crippen molar-refractivity contribution in [2.24, 2.45) is 5.73 Å². The van der Waals surface area contributed by atoms with Crippen molar-refractivity contribution in [3.05, 3.63) is 0 Å². The van der Waals surface area contributed by atoms with Crippen LogP contribution in [0.15, 0.2) is 0 Å². The molecule has 0 rings (SSSR count). The SMILES string of the molecule is CCCCCCCCS(=O)(=O)C(C)CCN. The molecule has 2 N–H and O–H groups in total. The topological polar surface area (TPSA) is 60.2 Å². The van der Waals surface area contributed by atoms with E-state index in [2.05, 4.69) is 6.92 Å². The van der Waals surface area contributed by atoms with Crippen molar-refractivity contribution >= 4 is 9.84 Å². The maximum Gasteiger partial charge on any atom is 0.152 e. The zero-order chi connectivity index (χ0) is 12.4. The molecule has 3 nitrogen and oxygen atoms in total. The van der Waals surface area contributed by atoms with Crippen LogP contribution in [-0.2, 0) is 9.84 Å². The van der Waals surface area contributed by atoms with E-state index in [0.29, 0.717) is 18.7 Å². The molecule has 1 atom stereocenters. The fourth-order valence-electron chi connectivity index (χ4n) is 1.70. The molecule has 0 aliphatic heterocycles. The van der Waals surface area contributed by atoms with Gasteiger partial charge in [-0.05, 0) is 26.3 Å². The van der Waals surface area contributed by atoms with E-state index >= 15 is 0 Å². The van der Waals surface area contributed by atoms with Crippen LogP contribution >= 0.6 is 0 Å². The van der Waals surface area contributed by atoms with Gasteiger partial charge in [-0.3, -0.25) is 0 Å². The summed E-state index contributed by atoms with van der Waals surface area (Å²) in [7, 11) is -2.90. The third-order valence-corrected chi connectivity index (χ3v) is 5.29. The number of rotatable bonds is 10. The monoisotopic (exact) mass is 249 g/mol. The first-order chi connectivity index (χ1) is 7.54. The Hall–Kier alpha value is -0.0900. The van der Waals surface area contributed by atoms with Crippen molar-refractivity contribution in [2.75, 3.05) is 12.3 Å². The van der Waals surface area contributed by atoms with Crippen molar-refractivity contribution in [3.63, 3.8) is 0 Å². The molecule has 0 aromatic heterocycles. The summed E-state index contributed by atoms with van der Waals surface area (Å²) in [6.45, 7) is 4.40. The maximum atomic E-state index is 11.8. The Labute approximate surface area is 101 Å². The van der Waals surface area contributed by atoms with Gasteiger partial charge in [-0.15, -0.1) is 0 Å². The van der Waals surface area contributed by atoms with Crippen LogP contribution in [0.25, 0.3) is 0 Å². The molecule has 0 aliphatic rings. The van der Waals surface area contributed by atoms with Gasteiger partial charge in [-0.2, -0.15) is 0 Å². The minimum Gasteiger partial charge on any atom is -0.330 e. The van der Waals surface area contributed by atoms with E-state index in [0.717, 1.165) is 19.3 Å². The summed E-state index contributed by atoms with van der Waals surface area (Å²) < 4.78 is 23.5. The summed E-state index contributed by atoms with van der Waals surface area (Å²) in [5.41, 5.74) is 5.37. The standard InChI is InChI=1S/C12H27NO2S/c1-3-4-5-6-7-8-11-16(14,15)12(2)9-10-13/h12H,3-11,13H2,1-2H3. The van der Waals surface area contributed by atoms with E-state index in [1.807, 2.05) is 0 Å². The van der Waals surface area contributed by atoms with Crippen LogP contribution in [-0.4, -0.2) is 26.0 Å². The lowest BCUT2D eigenvalue weighted by atomic mass is 10.1. The largest absolute Gasteiger partial charge is 0.330 e. The first-order valence-corrected chi connectivity index (χ1v) is 8.17. The number of unbranched alkanes of at least 4 members (excludes halogenated alkanes) is 5. The number of hydrogen-bond donors (Lipinski definition) is 1. The average Bonchev–Trinajstić information content (AvgIpc) is 2.23. The predicted octanol–water partition coefficient (Wildman–Crippen LogP) is 2.50. The number of hydrogen-bond acceptors (Lipinski definition) is 3. The molecule has 0 aromatic rings. The van der Waals surface area contributed by atoms with Crippen LogP contribution in [0, 0.1) is 0 Å². The van der Waals surface area contributed by atoms with E-state index in [9.17, 15) is 8.42 Å². The minimum atomic E-state index is -2.90. The zero-order valence-corrected chi connectivity index (χ0v) is 11.6. The molecule has 0 fully saturated rings. The summed E-state index contributed by atoms with van der Waals surface area (Å²) >= 11 is 0. The van der Waals surface area contributed by atoms with Gasteiger partial charge in [0.05, 0.1) is 11.0 Å². The molecule has 4 heteroatoms. The molecule has 0 spiro atoms. The molecular weight excluding hydrogens is 222 g/mol. The highest BCUT2D eigenvalue weighted by Crippen LogP contribution is 2.11. The van der Waals surface area contributed by atoms with E-state index in [4.69, 9.17) is 5.73 Å². The second-order valence-corrected chi connectivity index (χ2v) is 7.06. The van der Waals surface area contributed by atoms with Gasteiger partial charge in [-0.25, -0.2) is 8.42 Å². The molecule has 0 radical (unpaired) electrons. The van der Waals surface area contributed by atoms with E-state index in [1.165, 1.54) is 19.3 Å². The summed E-state index contributed by atoms with van der Waals surface area (Å²) in [6, 6.07) is 0. The van der Waals surface area contributed by atoms with Crippen LogP contribution in [0.1, 0.15) is 58.8 Å². The first kappa shape index (κ1) is 15.9. The van der Waals surface area contributed by atoms with E-state index in [1.54, 1.807) is 6.92 Å². The molecule has 0 heterocycles. The van der Waals surface area contributed by atoms with E-state index in [-0.39, 0.29) is 5.25 Å². The van der Waals surface area contributed by atoms with Crippen LogP contribution in [0.5, 0.6) is 0 Å². The summed E-state index contributed by atoms with van der Waals surface area (Å²) in [5, 5.41) is -0.270. The van der Waals surface area contributed by atoms with Crippen molar-refractivity contribution in [1.29, 1.82) is 0 Å². The molecular formula is C12H27NO2S. The van der Waals surface area contributed by atoms with Crippen LogP contribution in [0.3, 0.4) is 0 Å². The van der Waals surface area contributed by atoms with E-state index < -0.39 is 9.84 Å². The fraction of sp³-hybridized carbons (Fsp3) is 1.00. The molecule has 0 aliphatic carbocycles. The normalized spacial score (nSPS) is 13.9. The van der Waals surface area contributed by atoms with Crippen LogP contribution in [0.4, 0.5) is 0 Å². The van der Waals surface area contributed by atoms with Gasteiger partial charge >= 0.3 is 0 Å². The summed E-state index contributed by atoms with van der Waals surface area (Å²) in [4.78, 5) is 0. The Balaban J connectivity index is 3.66. The predicted molar refractivity (Wildman–Crippen MR) is 70.3 cm³/mol. The maximum absolute atomic E-state index is 11.8. The quantitative estimate of drug-likeness (QED) is 0.605. The van der Waals surface area contributed by atoms with Gasteiger partial charge in [0.25, 0.3) is 0 Å². The Morgan fingerprint density at radius 3 is 2.19 bits per heavy atom. The van der Waals surface area contributed by atoms with Gasteiger partial charge in [0.15, 0.2) is 9.84 Å². The van der Waals surface area contributed by atoms with Crippen molar-refractivity contribution in [2.45, 2.75) is 64.0 Å². The average molecular weight is 249 g/mol. The summed E-state index contributed by atoms with van der Waals surface area (Å²) in [5.74, 6) is 0.334. The first-order valence-electron chi connectivity index (χ1n) is 6.46. The molecule has 1 unspecified atom stereocenters. The lowest BCUT2D eigenvalue weighted by molar-refractivity contribution is 0.568. The van der Waals surface area contributed by atoms with Gasteiger partial charge < -0.3 is 5.73 Å². The Kier molecular flexibility index (Phi) is 8.94. The van der Waals surface area contributed by atoms with Crippen LogP contribution in [0.2, 0.25) is 0 Å². The van der Waals surface area contributed by atoms with Gasteiger partial charge in [0.1, 0.15) is 0 Å². The molecule has 98 valence electrons. The van der Waals surface area contributed by atoms with Crippen molar-refractivity contribution < 1.29 is 8.42 Å². The summed E-state index contributed by atoms with van der Waals surface area (Å²) in [6.07, 6.45) is 7.30. The van der Waals surface area contributed by atoms with Gasteiger partial charge in [0, 0.05) is 0 Å². The molecule has 0 saturated heterocycles. The molecule has 0 saturated carbocycles. The number of nitrogens with two attached hydrogens (primary N) is 1. The minimum absolute atomic E-state index is 0.270. The van der Waals surface area contributed by atoms with Gasteiger partial charge in [0.2, 0.25) is 0 Å². The zero-order valence-electron chi connectivity index (χ0n) is 10.7. The van der Waals surface area contributed by atoms with Gasteiger partial charge in [-0.1, -0.05) is 39.0 Å². The smallest absolute Gasteiger partial charge is 0.152 e. The third kappa shape index (κ3) is 7.23. The molecule has 0 amide bonds. The Bertz CT molecular complexity index is 250. The fourth-order valence-corrected chi connectivity index (χ4v) is 3.20. The highest BCUT2D eigenvalue weighted by molar-refractivity contribution is 7.91. The Morgan fingerprint density at radius 1 is 1.06 bits per heavy atom. The van der Waals surface area contributed by atoms with Crippen LogP contribution < -0.4 is 5.73 Å². The highest BCUT2D eigenvalue weighted by Gasteiger charge is 2.18. The molecule has 16 heavy (non-hydrogen) atoms. The Morgan fingerprint density at radius 2 is 1.62 bits per heavy atom. The second-order valence-electron chi connectivity index (χ2n) is 4.52. The molecule has 0 aromatic carbocycles.